The first-order chi connectivity index (χ1) is 8.43. The van der Waals surface area contributed by atoms with Crippen molar-refractivity contribution in [1.29, 1.82) is 0 Å². The van der Waals surface area contributed by atoms with Crippen molar-refractivity contribution in [1.82, 2.24) is 15.5 Å². The Morgan fingerprint density at radius 1 is 1.33 bits per heavy atom. The van der Waals surface area contributed by atoms with E-state index in [1.807, 2.05) is 0 Å². The molecular formula is C14H29N3O. The van der Waals surface area contributed by atoms with E-state index < -0.39 is 0 Å². The van der Waals surface area contributed by atoms with Crippen LogP contribution in [0.4, 0.5) is 0 Å². The van der Waals surface area contributed by atoms with E-state index in [9.17, 15) is 4.79 Å². The van der Waals surface area contributed by atoms with Crippen molar-refractivity contribution in [3.8, 4) is 0 Å². The standard InChI is InChI=1S/C14H29N3O/c1-5-14(2,3)16-13(18)11-15-10-12-6-8-17(4)9-7-12/h12,15H,5-11H2,1-4H3,(H,16,18). The van der Waals surface area contributed by atoms with Crippen LogP contribution in [0, 0.1) is 5.92 Å². The molecule has 2 N–H and O–H groups in total. The minimum Gasteiger partial charge on any atom is -0.350 e. The Kier molecular flexibility index (Phi) is 6.09. The molecule has 0 unspecified atom stereocenters. The van der Waals surface area contributed by atoms with E-state index in [2.05, 4.69) is 43.4 Å². The number of carbonyl (C=O) groups excluding carboxylic acids is 1. The Labute approximate surface area is 111 Å². The molecule has 0 spiro atoms. The number of rotatable bonds is 6. The number of piperidine rings is 1. The molecule has 1 saturated heterocycles. The molecule has 1 aliphatic heterocycles. The number of amides is 1. The van der Waals surface area contributed by atoms with Crippen LogP contribution in [0.2, 0.25) is 0 Å². The van der Waals surface area contributed by atoms with Gasteiger partial charge in [-0.2, -0.15) is 0 Å². The predicted octanol–water partition coefficient (Wildman–Crippen LogP) is 1.22. The average molecular weight is 255 g/mol. The van der Waals surface area contributed by atoms with Crippen LogP contribution in [0.1, 0.15) is 40.0 Å². The van der Waals surface area contributed by atoms with Crippen LogP contribution in [-0.4, -0.2) is 49.6 Å². The highest BCUT2D eigenvalue weighted by Crippen LogP contribution is 2.14. The van der Waals surface area contributed by atoms with E-state index in [0.29, 0.717) is 6.54 Å². The smallest absolute Gasteiger partial charge is 0.234 e. The molecule has 106 valence electrons. The molecule has 0 radical (unpaired) electrons. The molecule has 0 aromatic heterocycles. The van der Waals surface area contributed by atoms with Crippen molar-refractivity contribution in [2.75, 3.05) is 33.2 Å². The number of hydrogen-bond donors (Lipinski definition) is 2. The van der Waals surface area contributed by atoms with Crippen molar-refractivity contribution in [2.45, 2.75) is 45.6 Å². The third kappa shape index (κ3) is 5.83. The number of nitrogens with one attached hydrogen (secondary N) is 2. The molecule has 1 rings (SSSR count). The van der Waals surface area contributed by atoms with E-state index in [0.717, 1.165) is 18.9 Å². The molecule has 0 aromatic rings. The second-order valence-electron chi connectivity index (χ2n) is 6.16. The van der Waals surface area contributed by atoms with Gasteiger partial charge in [0.15, 0.2) is 0 Å². The lowest BCUT2D eigenvalue weighted by atomic mass is 9.97. The summed E-state index contributed by atoms with van der Waals surface area (Å²) in [4.78, 5) is 14.1. The van der Waals surface area contributed by atoms with Crippen molar-refractivity contribution < 1.29 is 4.79 Å². The summed E-state index contributed by atoms with van der Waals surface area (Å²) in [6.45, 7) is 9.97. The number of carbonyl (C=O) groups is 1. The van der Waals surface area contributed by atoms with Crippen LogP contribution in [0.25, 0.3) is 0 Å². The zero-order valence-corrected chi connectivity index (χ0v) is 12.4. The zero-order valence-electron chi connectivity index (χ0n) is 12.4. The maximum Gasteiger partial charge on any atom is 0.234 e. The molecule has 4 nitrogen and oxygen atoms in total. The second kappa shape index (κ2) is 7.10. The monoisotopic (exact) mass is 255 g/mol. The second-order valence-corrected chi connectivity index (χ2v) is 6.16. The van der Waals surface area contributed by atoms with Crippen LogP contribution in [0.15, 0.2) is 0 Å². The van der Waals surface area contributed by atoms with Gasteiger partial charge < -0.3 is 15.5 Å². The van der Waals surface area contributed by atoms with Crippen LogP contribution in [0.5, 0.6) is 0 Å². The highest BCUT2D eigenvalue weighted by atomic mass is 16.2. The highest BCUT2D eigenvalue weighted by Gasteiger charge is 2.19. The SMILES string of the molecule is CCC(C)(C)NC(=O)CNCC1CCN(C)CC1. The normalized spacial score (nSPS) is 18.9. The van der Waals surface area contributed by atoms with Crippen LogP contribution < -0.4 is 10.6 Å². The molecule has 18 heavy (non-hydrogen) atoms. The minimum atomic E-state index is -0.0910. The molecule has 4 heteroatoms. The summed E-state index contributed by atoms with van der Waals surface area (Å²) in [7, 11) is 2.17. The summed E-state index contributed by atoms with van der Waals surface area (Å²) in [5.41, 5.74) is -0.0910. The molecule has 1 heterocycles. The van der Waals surface area contributed by atoms with E-state index in [-0.39, 0.29) is 11.4 Å². The summed E-state index contributed by atoms with van der Waals surface area (Å²) in [5, 5.41) is 6.33. The van der Waals surface area contributed by atoms with Gasteiger partial charge in [0.05, 0.1) is 6.54 Å². The lowest BCUT2D eigenvalue weighted by molar-refractivity contribution is -0.121. The zero-order chi connectivity index (χ0) is 13.6. The first-order valence-electron chi connectivity index (χ1n) is 7.13. The third-order valence-electron chi connectivity index (χ3n) is 3.92. The lowest BCUT2D eigenvalue weighted by Gasteiger charge is -2.29. The number of hydrogen-bond acceptors (Lipinski definition) is 3. The van der Waals surface area contributed by atoms with Crippen LogP contribution >= 0.6 is 0 Å². The maximum atomic E-state index is 11.7. The molecule has 0 atom stereocenters. The number of likely N-dealkylation sites (tertiary alicyclic amines) is 1. The molecule has 1 fully saturated rings. The van der Waals surface area contributed by atoms with Gasteiger partial charge in [-0.25, -0.2) is 0 Å². The summed E-state index contributed by atoms with van der Waals surface area (Å²) in [5.74, 6) is 0.836. The molecule has 1 amide bonds. The lowest BCUT2D eigenvalue weighted by Crippen LogP contribution is -2.47. The fourth-order valence-electron chi connectivity index (χ4n) is 2.17. The first-order valence-corrected chi connectivity index (χ1v) is 7.13. The Bertz CT molecular complexity index is 258. The van der Waals surface area contributed by atoms with Gasteiger partial charge in [0.1, 0.15) is 0 Å². The van der Waals surface area contributed by atoms with E-state index in [1.165, 1.54) is 25.9 Å². The summed E-state index contributed by atoms with van der Waals surface area (Å²) >= 11 is 0. The summed E-state index contributed by atoms with van der Waals surface area (Å²) < 4.78 is 0. The van der Waals surface area contributed by atoms with Crippen molar-refractivity contribution >= 4 is 5.91 Å². The van der Waals surface area contributed by atoms with Gasteiger partial charge in [-0.05, 0) is 65.7 Å². The molecule has 0 bridgehead atoms. The molecule has 0 aromatic carbocycles. The fourth-order valence-corrected chi connectivity index (χ4v) is 2.17. The number of nitrogens with zero attached hydrogens (tertiary/aromatic N) is 1. The Balaban J connectivity index is 2.12. The van der Waals surface area contributed by atoms with Gasteiger partial charge in [0, 0.05) is 5.54 Å². The van der Waals surface area contributed by atoms with Crippen molar-refractivity contribution in [3.63, 3.8) is 0 Å². The van der Waals surface area contributed by atoms with Crippen molar-refractivity contribution in [3.05, 3.63) is 0 Å². The van der Waals surface area contributed by atoms with E-state index in [1.54, 1.807) is 0 Å². The molecular weight excluding hydrogens is 226 g/mol. The highest BCUT2D eigenvalue weighted by molar-refractivity contribution is 5.78. The van der Waals surface area contributed by atoms with Gasteiger partial charge in [0.2, 0.25) is 5.91 Å². The first kappa shape index (κ1) is 15.4. The molecule has 0 aliphatic carbocycles. The molecule has 1 aliphatic rings. The fraction of sp³-hybridized carbons (Fsp3) is 0.929. The van der Waals surface area contributed by atoms with Gasteiger partial charge in [-0.15, -0.1) is 0 Å². The van der Waals surface area contributed by atoms with Crippen LogP contribution in [0.3, 0.4) is 0 Å². The largest absolute Gasteiger partial charge is 0.350 e. The van der Waals surface area contributed by atoms with Crippen molar-refractivity contribution in [2.24, 2.45) is 5.92 Å². The predicted molar refractivity (Wildman–Crippen MR) is 75.6 cm³/mol. The van der Waals surface area contributed by atoms with Crippen LogP contribution in [-0.2, 0) is 4.79 Å². The minimum absolute atomic E-state index is 0.0910. The van der Waals surface area contributed by atoms with E-state index in [4.69, 9.17) is 0 Å². The van der Waals surface area contributed by atoms with Gasteiger partial charge in [-0.3, -0.25) is 4.79 Å². The van der Waals surface area contributed by atoms with Gasteiger partial charge in [0.25, 0.3) is 0 Å². The third-order valence-corrected chi connectivity index (χ3v) is 3.92. The summed E-state index contributed by atoms with van der Waals surface area (Å²) in [6, 6.07) is 0. The van der Waals surface area contributed by atoms with E-state index >= 15 is 0 Å². The summed E-state index contributed by atoms with van der Waals surface area (Å²) in [6.07, 6.45) is 3.44. The quantitative estimate of drug-likeness (QED) is 0.750. The Morgan fingerprint density at radius 3 is 2.50 bits per heavy atom. The Morgan fingerprint density at radius 2 is 1.94 bits per heavy atom. The average Bonchev–Trinajstić information content (AvgIpc) is 2.31. The van der Waals surface area contributed by atoms with Gasteiger partial charge in [-0.1, -0.05) is 6.92 Å². The Hall–Kier alpha value is -0.610. The topological polar surface area (TPSA) is 44.4 Å². The molecule has 0 saturated carbocycles. The van der Waals surface area contributed by atoms with Gasteiger partial charge >= 0.3 is 0 Å². The maximum absolute atomic E-state index is 11.7.